The van der Waals surface area contributed by atoms with Crippen molar-refractivity contribution in [2.75, 3.05) is 6.61 Å². The van der Waals surface area contributed by atoms with Crippen molar-refractivity contribution in [2.24, 2.45) is 5.92 Å². The monoisotopic (exact) mass is 241 g/mol. The summed E-state index contributed by atoms with van der Waals surface area (Å²) >= 11 is 0. The second-order valence-electron chi connectivity index (χ2n) is 5.94. The third kappa shape index (κ3) is 3.06. The quantitative estimate of drug-likeness (QED) is 0.795. The summed E-state index contributed by atoms with van der Waals surface area (Å²) in [4.78, 5) is 11.8. The lowest BCUT2D eigenvalue weighted by Gasteiger charge is -2.35. The maximum absolute atomic E-state index is 11.8. The van der Waals surface area contributed by atoms with Crippen molar-refractivity contribution in [3.05, 3.63) is 0 Å². The van der Waals surface area contributed by atoms with Gasteiger partial charge in [-0.25, -0.2) is 0 Å². The molecule has 2 rings (SSSR count). The lowest BCUT2D eigenvalue weighted by atomic mass is 9.88. The normalized spacial score (nSPS) is 37.7. The van der Waals surface area contributed by atoms with Crippen LogP contribution >= 0.6 is 0 Å². The predicted molar refractivity (Wildman–Crippen MR) is 64.7 cm³/mol. The van der Waals surface area contributed by atoms with E-state index in [-0.39, 0.29) is 18.2 Å². The van der Waals surface area contributed by atoms with Gasteiger partial charge in [-0.15, -0.1) is 0 Å². The zero-order valence-corrected chi connectivity index (χ0v) is 11.2. The molecule has 2 aliphatic heterocycles. The van der Waals surface area contributed by atoms with Crippen LogP contribution in [0, 0.1) is 5.92 Å². The number of rotatable bonds is 2. The van der Waals surface area contributed by atoms with Gasteiger partial charge in [0.15, 0.2) is 5.79 Å². The van der Waals surface area contributed by atoms with Crippen molar-refractivity contribution in [3.63, 3.8) is 0 Å². The number of carbonyl (C=O) groups is 1. The van der Waals surface area contributed by atoms with Crippen molar-refractivity contribution in [3.8, 4) is 0 Å². The SMILES string of the molecule is CC(C)[C@@H]1CC(=O)C[C@H]([C@H]2COC(C)(C)O2)N1. The number of hydrogen-bond acceptors (Lipinski definition) is 4. The van der Waals surface area contributed by atoms with Crippen LogP contribution in [0.1, 0.15) is 40.5 Å². The molecule has 0 amide bonds. The van der Waals surface area contributed by atoms with Crippen molar-refractivity contribution in [1.82, 2.24) is 5.32 Å². The van der Waals surface area contributed by atoms with E-state index < -0.39 is 5.79 Å². The first kappa shape index (κ1) is 13.0. The summed E-state index contributed by atoms with van der Waals surface area (Å²) in [6, 6.07) is 0.374. The smallest absolute Gasteiger partial charge is 0.163 e. The van der Waals surface area contributed by atoms with Gasteiger partial charge in [-0.3, -0.25) is 4.79 Å². The van der Waals surface area contributed by atoms with E-state index in [9.17, 15) is 4.79 Å². The molecule has 2 aliphatic rings. The van der Waals surface area contributed by atoms with E-state index in [2.05, 4.69) is 19.2 Å². The molecule has 3 atom stereocenters. The largest absolute Gasteiger partial charge is 0.348 e. The minimum absolute atomic E-state index is 0.00417. The van der Waals surface area contributed by atoms with E-state index in [0.717, 1.165) is 0 Å². The van der Waals surface area contributed by atoms with Crippen LogP contribution in [0.3, 0.4) is 0 Å². The molecule has 0 aromatic heterocycles. The highest BCUT2D eigenvalue weighted by atomic mass is 16.7. The summed E-state index contributed by atoms with van der Waals surface area (Å²) < 4.78 is 11.4. The first-order valence-electron chi connectivity index (χ1n) is 6.47. The van der Waals surface area contributed by atoms with Gasteiger partial charge in [-0.2, -0.15) is 0 Å². The molecule has 0 unspecified atom stereocenters. The molecule has 0 spiro atoms. The molecular weight excluding hydrogens is 218 g/mol. The molecule has 0 aromatic carbocycles. The number of piperidine rings is 1. The minimum Gasteiger partial charge on any atom is -0.348 e. The maximum atomic E-state index is 11.8. The number of hydrogen-bond donors (Lipinski definition) is 1. The van der Waals surface area contributed by atoms with Gasteiger partial charge in [0.1, 0.15) is 11.9 Å². The van der Waals surface area contributed by atoms with Crippen LogP contribution in [0.4, 0.5) is 0 Å². The van der Waals surface area contributed by atoms with Gasteiger partial charge in [-0.05, 0) is 19.8 Å². The number of Topliss-reactive ketones (excluding diaryl/α,β-unsaturated/α-hetero) is 1. The van der Waals surface area contributed by atoms with Gasteiger partial charge in [0, 0.05) is 24.9 Å². The Morgan fingerprint density at radius 2 is 2.06 bits per heavy atom. The first-order valence-corrected chi connectivity index (χ1v) is 6.47. The molecule has 4 nitrogen and oxygen atoms in total. The van der Waals surface area contributed by atoms with Crippen LogP contribution in [0.2, 0.25) is 0 Å². The lowest BCUT2D eigenvalue weighted by molar-refractivity contribution is -0.145. The molecule has 0 aromatic rings. The molecule has 0 aliphatic carbocycles. The van der Waals surface area contributed by atoms with Gasteiger partial charge in [0.25, 0.3) is 0 Å². The summed E-state index contributed by atoms with van der Waals surface area (Å²) in [6.45, 7) is 8.68. The van der Waals surface area contributed by atoms with E-state index in [4.69, 9.17) is 9.47 Å². The molecule has 2 saturated heterocycles. The second kappa shape index (κ2) is 4.67. The molecule has 2 heterocycles. The van der Waals surface area contributed by atoms with E-state index in [1.54, 1.807) is 0 Å². The highest BCUT2D eigenvalue weighted by Gasteiger charge is 2.41. The summed E-state index contributed by atoms with van der Waals surface area (Å²) in [5.74, 6) is 0.290. The van der Waals surface area contributed by atoms with Gasteiger partial charge in [0.2, 0.25) is 0 Å². The summed E-state index contributed by atoms with van der Waals surface area (Å²) in [7, 11) is 0. The van der Waals surface area contributed by atoms with Crippen LogP contribution in [0.25, 0.3) is 0 Å². The first-order chi connectivity index (χ1) is 7.87. The van der Waals surface area contributed by atoms with Gasteiger partial charge in [0.05, 0.1) is 6.61 Å². The van der Waals surface area contributed by atoms with Crippen molar-refractivity contribution in [2.45, 2.75) is 64.5 Å². The van der Waals surface area contributed by atoms with Crippen LogP contribution in [0.5, 0.6) is 0 Å². The maximum Gasteiger partial charge on any atom is 0.163 e. The fourth-order valence-corrected chi connectivity index (χ4v) is 2.55. The zero-order valence-electron chi connectivity index (χ0n) is 11.2. The second-order valence-corrected chi connectivity index (χ2v) is 5.94. The van der Waals surface area contributed by atoms with Crippen molar-refractivity contribution < 1.29 is 14.3 Å². The molecule has 4 heteroatoms. The average molecular weight is 241 g/mol. The average Bonchev–Trinajstić information content (AvgIpc) is 2.58. The van der Waals surface area contributed by atoms with Crippen LogP contribution in [-0.2, 0) is 14.3 Å². The number of carbonyl (C=O) groups excluding carboxylic acids is 1. The number of ether oxygens (including phenoxy) is 2. The third-order valence-corrected chi connectivity index (χ3v) is 3.61. The molecular formula is C13H23NO3. The van der Waals surface area contributed by atoms with E-state index >= 15 is 0 Å². The Morgan fingerprint density at radius 1 is 1.35 bits per heavy atom. The summed E-state index contributed by atoms with van der Waals surface area (Å²) in [5.41, 5.74) is 0. The minimum atomic E-state index is -0.514. The lowest BCUT2D eigenvalue weighted by Crippen LogP contribution is -2.54. The molecule has 0 bridgehead atoms. The number of ketones is 1. The highest BCUT2D eigenvalue weighted by molar-refractivity contribution is 5.80. The van der Waals surface area contributed by atoms with Crippen LogP contribution in [-0.4, -0.2) is 36.4 Å². The van der Waals surface area contributed by atoms with Gasteiger partial charge in [-0.1, -0.05) is 13.8 Å². The predicted octanol–water partition coefficient (Wildman–Crippen LogP) is 1.48. The summed E-state index contributed by atoms with van der Waals surface area (Å²) in [5, 5.41) is 3.54. The molecule has 17 heavy (non-hydrogen) atoms. The van der Waals surface area contributed by atoms with Crippen LogP contribution in [0.15, 0.2) is 0 Å². The molecule has 98 valence electrons. The van der Waals surface area contributed by atoms with Gasteiger partial charge >= 0.3 is 0 Å². The third-order valence-electron chi connectivity index (χ3n) is 3.61. The Bertz CT molecular complexity index is 301. The Labute approximate surface area is 103 Å². The van der Waals surface area contributed by atoms with Crippen LogP contribution < -0.4 is 5.32 Å². The van der Waals surface area contributed by atoms with E-state index in [0.29, 0.717) is 31.1 Å². The molecule has 0 radical (unpaired) electrons. The van der Waals surface area contributed by atoms with E-state index in [1.807, 2.05) is 13.8 Å². The van der Waals surface area contributed by atoms with Crippen molar-refractivity contribution in [1.29, 1.82) is 0 Å². The fraction of sp³-hybridized carbons (Fsp3) is 0.923. The molecule has 1 N–H and O–H groups in total. The standard InChI is InChI=1S/C13H23NO3/c1-8(2)10-5-9(15)6-11(14-10)12-7-16-13(3,4)17-12/h8,10-12,14H,5-7H2,1-4H3/t10-,11+,12+/m0/s1. The fourth-order valence-electron chi connectivity index (χ4n) is 2.55. The Balaban J connectivity index is 1.99. The molecule has 2 fully saturated rings. The molecule has 0 saturated carbocycles. The topological polar surface area (TPSA) is 47.6 Å². The van der Waals surface area contributed by atoms with Crippen molar-refractivity contribution >= 4 is 5.78 Å². The summed E-state index contributed by atoms with van der Waals surface area (Å²) in [6.07, 6.45) is 1.20. The highest BCUT2D eigenvalue weighted by Crippen LogP contribution is 2.28. The Morgan fingerprint density at radius 3 is 2.59 bits per heavy atom. The Kier molecular flexibility index (Phi) is 3.57. The Hall–Kier alpha value is -0.450. The number of nitrogens with one attached hydrogen (secondary N) is 1. The zero-order chi connectivity index (χ0) is 12.6. The van der Waals surface area contributed by atoms with Gasteiger partial charge < -0.3 is 14.8 Å². The van der Waals surface area contributed by atoms with E-state index in [1.165, 1.54) is 0 Å².